The molecule has 0 aliphatic carbocycles. The lowest BCUT2D eigenvalue weighted by atomic mass is 9.93. The lowest BCUT2D eigenvalue weighted by molar-refractivity contribution is -0.139. The molecular weight excluding hydrogens is 310 g/mol. The van der Waals surface area contributed by atoms with Crippen molar-refractivity contribution < 1.29 is 14.7 Å². The van der Waals surface area contributed by atoms with E-state index >= 15 is 0 Å². The molecule has 0 aliphatic heterocycles. The number of nitrogens with one attached hydrogen (secondary N) is 2. The average Bonchev–Trinajstić information content (AvgIpc) is 2.97. The van der Waals surface area contributed by atoms with Gasteiger partial charge >= 0.3 is 12.0 Å². The van der Waals surface area contributed by atoms with Gasteiger partial charge < -0.3 is 15.7 Å². The zero-order chi connectivity index (χ0) is 18.2. The molecule has 1 rings (SSSR count). The molecule has 0 bridgehead atoms. The lowest BCUT2D eigenvalue weighted by Crippen LogP contribution is -2.45. The fourth-order valence-corrected chi connectivity index (χ4v) is 2.08. The Kier molecular flexibility index (Phi) is 7.67. The number of carbonyl (C=O) groups excluding carboxylic acids is 1. The van der Waals surface area contributed by atoms with Crippen molar-refractivity contribution in [2.45, 2.75) is 71.4 Å². The molecule has 0 spiro atoms. The van der Waals surface area contributed by atoms with Crippen molar-refractivity contribution in [3.05, 3.63) is 11.9 Å². The summed E-state index contributed by atoms with van der Waals surface area (Å²) in [7, 11) is 0. The van der Waals surface area contributed by atoms with Crippen molar-refractivity contribution in [2.24, 2.45) is 0 Å². The van der Waals surface area contributed by atoms with Crippen LogP contribution in [0.15, 0.2) is 6.20 Å². The molecule has 0 radical (unpaired) electrons. The summed E-state index contributed by atoms with van der Waals surface area (Å²) in [5.41, 5.74) is 0.978. The molecule has 1 heterocycles. The molecule has 1 aromatic rings. The first-order valence-electron chi connectivity index (χ1n) is 8.41. The Balaban J connectivity index is 2.15. The predicted molar refractivity (Wildman–Crippen MR) is 90.8 cm³/mol. The minimum Gasteiger partial charge on any atom is -0.480 e. The second-order valence-electron chi connectivity index (χ2n) is 6.88. The van der Waals surface area contributed by atoms with Gasteiger partial charge in [0.2, 0.25) is 0 Å². The third-order valence-corrected chi connectivity index (χ3v) is 3.67. The number of carbonyl (C=O) groups is 2. The van der Waals surface area contributed by atoms with E-state index in [-0.39, 0.29) is 5.41 Å². The van der Waals surface area contributed by atoms with Gasteiger partial charge in [0.15, 0.2) is 0 Å². The molecule has 3 N–H and O–H groups in total. The molecule has 1 atom stereocenters. The van der Waals surface area contributed by atoms with Gasteiger partial charge in [-0.3, -0.25) is 4.68 Å². The number of hydrogen-bond acceptors (Lipinski definition) is 4. The Bertz CT molecular complexity index is 536. The molecule has 0 aromatic carbocycles. The second kappa shape index (κ2) is 9.24. The highest BCUT2D eigenvalue weighted by atomic mass is 16.4. The summed E-state index contributed by atoms with van der Waals surface area (Å²) in [6.07, 6.45) is 5.06. The third kappa shape index (κ3) is 6.97. The van der Waals surface area contributed by atoms with Crippen LogP contribution in [-0.2, 0) is 16.8 Å². The Morgan fingerprint density at radius 1 is 1.29 bits per heavy atom. The number of hydrogen-bond donors (Lipinski definition) is 3. The van der Waals surface area contributed by atoms with Gasteiger partial charge in [-0.15, -0.1) is 5.10 Å². The van der Waals surface area contributed by atoms with Gasteiger partial charge in [-0.2, -0.15) is 0 Å². The summed E-state index contributed by atoms with van der Waals surface area (Å²) in [4.78, 5) is 22.4. The fourth-order valence-electron chi connectivity index (χ4n) is 2.08. The second-order valence-corrected chi connectivity index (χ2v) is 6.88. The third-order valence-electron chi connectivity index (χ3n) is 3.67. The van der Waals surface area contributed by atoms with E-state index in [0.717, 1.165) is 31.5 Å². The van der Waals surface area contributed by atoms with Gasteiger partial charge in [-0.1, -0.05) is 32.9 Å². The van der Waals surface area contributed by atoms with Crippen LogP contribution >= 0.6 is 0 Å². The average molecular weight is 339 g/mol. The van der Waals surface area contributed by atoms with Crippen molar-refractivity contribution in [3.63, 3.8) is 0 Å². The van der Waals surface area contributed by atoms with Gasteiger partial charge in [0.05, 0.1) is 5.69 Å². The van der Waals surface area contributed by atoms with E-state index in [2.05, 4.69) is 41.7 Å². The molecule has 8 heteroatoms. The van der Waals surface area contributed by atoms with Crippen molar-refractivity contribution in [1.82, 2.24) is 25.6 Å². The van der Waals surface area contributed by atoms with Crippen LogP contribution in [0.4, 0.5) is 4.79 Å². The van der Waals surface area contributed by atoms with Crippen LogP contribution in [-0.4, -0.2) is 44.7 Å². The standard InChI is InChI=1S/C16H29N5O3/c1-5-12(14(22)23)18-15(24)17-9-7-6-8-10-21-11-13(19-20-21)16(2,3)4/h11-12H,5-10H2,1-4H3,(H,22,23)(H2,17,18,24)/t12-/m1/s1. The minimum atomic E-state index is -1.02. The number of carboxylic acids is 1. The molecule has 24 heavy (non-hydrogen) atoms. The van der Waals surface area contributed by atoms with Crippen LogP contribution in [0.5, 0.6) is 0 Å². The number of unbranched alkanes of at least 4 members (excludes halogenated alkanes) is 2. The van der Waals surface area contributed by atoms with E-state index in [4.69, 9.17) is 5.11 Å². The summed E-state index contributed by atoms with van der Waals surface area (Å²) >= 11 is 0. The Morgan fingerprint density at radius 2 is 2.00 bits per heavy atom. The zero-order valence-corrected chi connectivity index (χ0v) is 15.0. The molecule has 136 valence electrons. The number of aryl methyl sites for hydroxylation is 1. The fraction of sp³-hybridized carbons (Fsp3) is 0.750. The number of amides is 2. The first-order valence-corrected chi connectivity index (χ1v) is 8.41. The summed E-state index contributed by atoms with van der Waals surface area (Å²) in [5, 5.41) is 22.3. The largest absolute Gasteiger partial charge is 0.480 e. The lowest BCUT2D eigenvalue weighted by Gasteiger charge is -2.13. The highest BCUT2D eigenvalue weighted by molar-refractivity contribution is 5.82. The van der Waals surface area contributed by atoms with Crippen LogP contribution < -0.4 is 10.6 Å². The molecule has 0 fully saturated rings. The first-order chi connectivity index (χ1) is 11.2. The monoisotopic (exact) mass is 339 g/mol. The number of aliphatic carboxylic acids is 1. The zero-order valence-electron chi connectivity index (χ0n) is 15.0. The summed E-state index contributed by atoms with van der Waals surface area (Å²) in [6, 6.07) is -1.27. The van der Waals surface area contributed by atoms with Gasteiger partial charge in [0.1, 0.15) is 6.04 Å². The van der Waals surface area contributed by atoms with E-state index < -0.39 is 18.0 Å². The number of carboxylic acid groups (broad SMARTS) is 1. The molecular formula is C16H29N5O3. The van der Waals surface area contributed by atoms with Crippen LogP contribution in [0.3, 0.4) is 0 Å². The van der Waals surface area contributed by atoms with Crippen LogP contribution in [0.2, 0.25) is 0 Å². The summed E-state index contributed by atoms with van der Waals surface area (Å²) in [6.45, 7) is 9.34. The van der Waals surface area contributed by atoms with Crippen molar-refractivity contribution in [1.29, 1.82) is 0 Å². The van der Waals surface area contributed by atoms with E-state index in [0.29, 0.717) is 13.0 Å². The van der Waals surface area contributed by atoms with Gasteiger partial charge in [-0.25, -0.2) is 9.59 Å². The van der Waals surface area contributed by atoms with E-state index in [1.54, 1.807) is 6.92 Å². The molecule has 0 aliphatic rings. The predicted octanol–water partition coefficient (Wildman–Crippen LogP) is 1.91. The van der Waals surface area contributed by atoms with E-state index in [1.807, 2.05) is 10.9 Å². The van der Waals surface area contributed by atoms with Gasteiger partial charge in [0.25, 0.3) is 0 Å². The Hall–Kier alpha value is -2.12. The van der Waals surface area contributed by atoms with Gasteiger partial charge in [-0.05, 0) is 25.7 Å². The van der Waals surface area contributed by atoms with Gasteiger partial charge in [0, 0.05) is 24.7 Å². The number of aromatic nitrogens is 3. The van der Waals surface area contributed by atoms with Crippen LogP contribution in [0.25, 0.3) is 0 Å². The minimum absolute atomic E-state index is 0.00182. The number of nitrogens with zero attached hydrogens (tertiary/aromatic N) is 3. The Morgan fingerprint density at radius 3 is 2.54 bits per heavy atom. The maximum atomic E-state index is 11.6. The summed E-state index contributed by atoms with van der Waals surface area (Å²) < 4.78 is 1.85. The number of rotatable bonds is 9. The van der Waals surface area contributed by atoms with Crippen LogP contribution in [0, 0.1) is 0 Å². The maximum Gasteiger partial charge on any atom is 0.326 e. The molecule has 1 aromatic heterocycles. The molecule has 8 nitrogen and oxygen atoms in total. The van der Waals surface area contributed by atoms with E-state index in [1.165, 1.54) is 0 Å². The quantitative estimate of drug-likeness (QED) is 0.595. The molecule has 0 unspecified atom stereocenters. The van der Waals surface area contributed by atoms with Crippen molar-refractivity contribution in [2.75, 3.05) is 6.54 Å². The molecule has 0 saturated carbocycles. The van der Waals surface area contributed by atoms with Crippen LogP contribution in [0.1, 0.15) is 59.1 Å². The molecule has 2 amide bonds. The number of urea groups is 1. The van der Waals surface area contributed by atoms with Crippen molar-refractivity contribution >= 4 is 12.0 Å². The topological polar surface area (TPSA) is 109 Å². The first kappa shape index (κ1) is 19.9. The van der Waals surface area contributed by atoms with E-state index in [9.17, 15) is 9.59 Å². The SMILES string of the molecule is CC[C@@H](NC(=O)NCCCCCn1cc(C(C)(C)C)nn1)C(=O)O. The maximum absolute atomic E-state index is 11.6. The normalized spacial score (nSPS) is 12.7. The summed E-state index contributed by atoms with van der Waals surface area (Å²) in [5.74, 6) is -1.02. The smallest absolute Gasteiger partial charge is 0.326 e. The highest BCUT2D eigenvalue weighted by Crippen LogP contribution is 2.18. The van der Waals surface area contributed by atoms with Crippen molar-refractivity contribution in [3.8, 4) is 0 Å². The highest BCUT2D eigenvalue weighted by Gasteiger charge is 2.18. The molecule has 0 saturated heterocycles. The Labute approximate surface area is 143 Å².